The number of nitrogens with zero attached hydrogens (tertiary/aromatic N) is 3. The van der Waals surface area contributed by atoms with Crippen LogP contribution in [0.4, 0.5) is 0 Å². The van der Waals surface area contributed by atoms with Crippen molar-refractivity contribution >= 4 is 15.9 Å². The molecule has 96 valence electrons. The van der Waals surface area contributed by atoms with E-state index in [0.717, 1.165) is 29.8 Å². The summed E-state index contributed by atoms with van der Waals surface area (Å²) in [5.41, 5.74) is 1.28. The van der Waals surface area contributed by atoms with Gasteiger partial charge in [-0.1, -0.05) is 28.1 Å². The van der Waals surface area contributed by atoms with Crippen LogP contribution in [-0.2, 0) is 13.0 Å². The molecule has 0 N–H and O–H groups in total. The van der Waals surface area contributed by atoms with Gasteiger partial charge in [-0.25, -0.2) is 4.98 Å². The summed E-state index contributed by atoms with van der Waals surface area (Å²) < 4.78 is 3.34. The van der Waals surface area contributed by atoms with E-state index in [1.807, 2.05) is 12.3 Å². The van der Waals surface area contributed by atoms with Crippen LogP contribution in [0, 0.1) is 0 Å². The highest BCUT2D eigenvalue weighted by atomic mass is 79.9. The average Bonchev–Trinajstić information content (AvgIpc) is 2.74. The molecule has 0 saturated heterocycles. The Morgan fingerprint density at radius 1 is 1.33 bits per heavy atom. The van der Waals surface area contributed by atoms with E-state index in [0.29, 0.717) is 0 Å². The molecular formula is C14H18BrN3. The number of hydrogen-bond donors (Lipinski definition) is 0. The van der Waals surface area contributed by atoms with Gasteiger partial charge in [0.2, 0.25) is 0 Å². The van der Waals surface area contributed by atoms with E-state index in [2.05, 4.69) is 68.9 Å². The molecule has 0 aliphatic rings. The summed E-state index contributed by atoms with van der Waals surface area (Å²) in [6.07, 6.45) is 4.81. The van der Waals surface area contributed by atoms with Crippen molar-refractivity contribution in [2.24, 2.45) is 0 Å². The fourth-order valence-corrected chi connectivity index (χ4v) is 2.29. The monoisotopic (exact) mass is 307 g/mol. The van der Waals surface area contributed by atoms with Crippen LogP contribution in [0.25, 0.3) is 0 Å². The van der Waals surface area contributed by atoms with E-state index in [1.54, 1.807) is 0 Å². The van der Waals surface area contributed by atoms with Crippen LogP contribution in [0.2, 0.25) is 0 Å². The third-order valence-electron chi connectivity index (χ3n) is 2.84. The minimum Gasteiger partial charge on any atom is -0.333 e. The largest absolute Gasteiger partial charge is 0.333 e. The highest BCUT2D eigenvalue weighted by molar-refractivity contribution is 9.10. The Hall–Kier alpha value is -1.13. The van der Waals surface area contributed by atoms with Gasteiger partial charge in [0.1, 0.15) is 5.82 Å². The lowest BCUT2D eigenvalue weighted by Crippen LogP contribution is -2.19. The molecular weight excluding hydrogens is 290 g/mol. The molecule has 0 fully saturated rings. The van der Waals surface area contributed by atoms with Gasteiger partial charge >= 0.3 is 0 Å². The molecule has 0 aliphatic heterocycles. The van der Waals surface area contributed by atoms with Crippen molar-refractivity contribution in [3.8, 4) is 0 Å². The number of imidazole rings is 1. The van der Waals surface area contributed by atoms with Gasteiger partial charge in [0.25, 0.3) is 0 Å². The molecule has 0 spiro atoms. The highest BCUT2D eigenvalue weighted by Crippen LogP contribution is 2.14. The number of benzene rings is 1. The molecule has 0 amide bonds. The van der Waals surface area contributed by atoms with E-state index in [-0.39, 0.29) is 0 Å². The second-order valence-electron chi connectivity index (χ2n) is 4.65. The molecule has 2 rings (SSSR count). The molecule has 0 unspecified atom stereocenters. The van der Waals surface area contributed by atoms with E-state index in [4.69, 9.17) is 0 Å². The first-order valence-corrected chi connectivity index (χ1v) is 6.83. The molecule has 0 aliphatic carbocycles. The Morgan fingerprint density at radius 2 is 2.17 bits per heavy atom. The minimum absolute atomic E-state index is 0.875. The van der Waals surface area contributed by atoms with Crippen molar-refractivity contribution < 1.29 is 0 Å². The van der Waals surface area contributed by atoms with E-state index in [1.165, 1.54) is 5.56 Å². The summed E-state index contributed by atoms with van der Waals surface area (Å²) in [6.45, 7) is 2.01. The summed E-state index contributed by atoms with van der Waals surface area (Å²) in [6, 6.07) is 8.38. The molecule has 0 bridgehead atoms. The van der Waals surface area contributed by atoms with Crippen molar-refractivity contribution in [1.82, 2.24) is 14.5 Å². The number of rotatable bonds is 5. The fraction of sp³-hybridized carbons (Fsp3) is 0.357. The lowest BCUT2D eigenvalue weighted by atomic mass is 10.1. The van der Waals surface area contributed by atoms with Crippen LogP contribution in [0.15, 0.2) is 41.1 Å². The van der Waals surface area contributed by atoms with Crippen molar-refractivity contribution in [1.29, 1.82) is 0 Å². The predicted octanol–water partition coefficient (Wildman–Crippen LogP) is 2.80. The molecule has 4 heteroatoms. The smallest absolute Gasteiger partial charge is 0.113 e. The Balaban J connectivity index is 2.07. The van der Waals surface area contributed by atoms with Crippen molar-refractivity contribution in [2.75, 3.05) is 20.6 Å². The van der Waals surface area contributed by atoms with Crippen LogP contribution in [-0.4, -0.2) is 35.1 Å². The summed E-state index contributed by atoms with van der Waals surface area (Å²) in [5.74, 6) is 1.12. The lowest BCUT2D eigenvalue weighted by molar-refractivity contribution is 0.381. The van der Waals surface area contributed by atoms with Gasteiger partial charge in [-0.2, -0.15) is 0 Å². The van der Waals surface area contributed by atoms with Gasteiger partial charge in [-0.15, -0.1) is 0 Å². The van der Waals surface area contributed by atoms with Crippen LogP contribution >= 0.6 is 15.9 Å². The van der Waals surface area contributed by atoms with E-state index in [9.17, 15) is 0 Å². The minimum atomic E-state index is 0.875. The second-order valence-corrected chi connectivity index (χ2v) is 5.56. The summed E-state index contributed by atoms with van der Waals surface area (Å²) in [5, 5.41) is 0. The van der Waals surface area contributed by atoms with Crippen LogP contribution in [0.5, 0.6) is 0 Å². The summed E-state index contributed by atoms with van der Waals surface area (Å²) in [7, 11) is 4.18. The maximum absolute atomic E-state index is 4.45. The van der Waals surface area contributed by atoms with Crippen LogP contribution in [0.3, 0.4) is 0 Å². The SMILES string of the molecule is CN(C)CCn1ccnc1Cc1cccc(Br)c1. The quantitative estimate of drug-likeness (QED) is 0.847. The molecule has 2 aromatic rings. The van der Waals surface area contributed by atoms with Crippen molar-refractivity contribution in [3.05, 3.63) is 52.5 Å². The molecule has 0 saturated carbocycles. The van der Waals surface area contributed by atoms with Gasteiger partial charge in [0.15, 0.2) is 0 Å². The fourth-order valence-electron chi connectivity index (χ4n) is 1.85. The molecule has 3 nitrogen and oxygen atoms in total. The van der Waals surface area contributed by atoms with Crippen LogP contribution < -0.4 is 0 Å². The Bertz CT molecular complexity index is 505. The summed E-state index contributed by atoms with van der Waals surface area (Å²) in [4.78, 5) is 6.63. The van der Waals surface area contributed by atoms with Gasteiger partial charge in [0, 0.05) is 36.4 Å². The Labute approximate surface area is 117 Å². The first-order chi connectivity index (χ1) is 8.65. The zero-order valence-corrected chi connectivity index (χ0v) is 12.4. The highest BCUT2D eigenvalue weighted by Gasteiger charge is 2.04. The molecule has 18 heavy (non-hydrogen) atoms. The van der Waals surface area contributed by atoms with E-state index >= 15 is 0 Å². The van der Waals surface area contributed by atoms with Gasteiger partial charge in [-0.3, -0.25) is 0 Å². The summed E-state index contributed by atoms with van der Waals surface area (Å²) >= 11 is 3.50. The molecule has 0 atom stereocenters. The Morgan fingerprint density at radius 3 is 2.89 bits per heavy atom. The maximum Gasteiger partial charge on any atom is 0.113 e. The zero-order valence-electron chi connectivity index (χ0n) is 10.8. The molecule has 0 radical (unpaired) electrons. The molecule has 1 aromatic carbocycles. The maximum atomic E-state index is 4.45. The lowest BCUT2D eigenvalue weighted by Gasteiger charge is -2.12. The van der Waals surface area contributed by atoms with Gasteiger partial charge in [0.05, 0.1) is 0 Å². The van der Waals surface area contributed by atoms with Crippen LogP contribution in [0.1, 0.15) is 11.4 Å². The second kappa shape index (κ2) is 6.16. The van der Waals surface area contributed by atoms with E-state index < -0.39 is 0 Å². The molecule has 1 aromatic heterocycles. The molecule has 1 heterocycles. The topological polar surface area (TPSA) is 21.1 Å². The predicted molar refractivity (Wildman–Crippen MR) is 77.7 cm³/mol. The number of aromatic nitrogens is 2. The number of hydrogen-bond acceptors (Lipinski definition) is 2. The third-order valence-corrected chi connectivity index (χ3v) is 3.33. The normalized spacial score (nSPS) is 11.1. The average molecular weight is 308 g/mol. The van der Waals surface area contributed by atoms with Gasteiger partial charge in [-0.05, 0) is 31.8 Å². The zero-order chi connectivity index (χ0) is 13.0. The number of halogens is 1. The standard InChI is InChI=1S/C14H18BrN3/c1-17(2)8-9-18-7-6-16-14(18)11-12-4-3-5-13(15)10-12/h3-7,10H,8-9,11H2,1-2H3. The third kappa shape index (κ3) is 3.68. The van der Waals surface area contributed by atoms with Gasteiger partial charge < -0.3 is 9.47 Å². The number of likely N-dealkylation sites (N-methyl/N-ethyl adjacent to an activating group) is 1. The van der Waals surface area contributed by atoms with Crippen molar-refractivity contribution in [2.45, 2.75) is 13.0 Å². The Kier molecular flexibility index (Phi) is 4.55. The first kappa shape index (κ1) is 13.3. The van der Waals surface area contributed by atoms with Crippen molar-refractivity contribution in [3.63, 3.8) is 0 Å². The first-order valence-electron chi connectivity index (χ1n) is 6.04.